The maximum atomic E-state index is 11.6. The number of halogens is 1. The highest BCUT2D eigenvalue weighted by molar-refractivity contribution is 6.24. The van der Waals surface area contributed by atoms with Crippen molar-refractivity contribution in [2.24, 2.45) is 28.6 Å². The molecule has 0 spiro atoms. The molecule has 1 aromatic carbocycles. The lowest BCUT2D eigenvalue weighted by molar-refractivity contribution is -0.174. The Morgan fingerprint density at radius 1 is 1.15 bits per heavy atom. The molecule has 1 N–H and O–H groups in total. The van der Waals surface area contributed by atoms with Crippen molar-refractivity contribution in [3.63, 3.8) is 0 Å². The summed E-state index contributed by atoms with van der Waals surface area (Å²) in [5.74, 6) is 0.655. The predicted octanol–water partition coefficient (Wildman–Crippen LogP) is 6.54. The van der Waals surface area contributed by atoms with E-state index in [4.69, 9.17) is 21.1 Å². The van der Waals surface area contributed by atoms with Crippen LogP contribution >= 0.6 is 11.6 Å². The molecule has 5 heteroatoms. The Hall–Kier alpha value is -1.10. The number of hydrogen-bond donors (Lipinski definition) is 1. The Labute approximate surface area is 205 Å². The van der Waals surface area contributed by atoms with E-state index in [1.54, 1.807) is 0 Å². The Morgan fingerprint density at radius 2 is 1.82 bits per heavy atom. The predicted molar refractivity (Wildman–Crippen MR) is 133 cm³/mol. The third kappa shape index (κ3) is 5.44. The largest absolute Gasteiger partial charge is 0.465 e. The molecule has 2 aliphatic carbocycles. The summed E-state index contributed by atoms with van der Waals surface area (Å²) in [5, 5.41) is 9.46. The highest BCUT2D eigenvalue weighted by atomic mass is 35.5. The fraction of sp³-hybridized carbons (Fsp3) is 0.750. The number of carbonyl (C=O) groups excluding carboxylic acids is 1. The maximum absolute atomic E-state index is 11.6. The smallest absolute Gasteiger partial charge is 0.302 e. The normalized spacial score (nSPS) is 35.3. The molecule has 0 bridgehead atoms. The summed E-state index contributed by atoms with van der Waals surface area (Å²) < 4.78 is 12.2. The lowest BCUT2D eigenvalue weighted by Gasteiger charge is -2.63. The van der Waals surface area contributed by atoms with Gasteiger partial charge in [-0.25, -0.2) is 0 Å². The van der Waals surface area contributed by atoms with Gasteiger partial charge in [-0.15, -0.1) is 11.6 Å². The molecule has 1 aromatic rings. The number of benzene rings is 1. The SMILES string of the molecule is CC(=O)OCC1C(C)(Cl)CCC2C(C)(C)C(C(O[C@@H](C)CCO)c3ccccc3)CCC12C. The van der Waals surface area contributed by atoms with Crippen molar-refractivity contribution >= 4 is 17.6 Å². The Morgan fingerprint density at radius 3 is 2.42 bits per heavy atom. The molecule has 2 fully saturated rings. The first-order valence-corrected chi connectivity index (χ1v) is 12.9. The number of fused-ring (bicyclic) bond motifs is 1. The summed E-state index contributed by atoms with van der Waals surface area (Å²) in [6, 6.07) is 10.5. The number of esters is 1. The van der Waals surface area contributed by atoms with Gasteiger partial charge in [0.15, 0.2) is 0 Å². The molecule has 7 atom stereocenters. The summed E-state index contributed by atoms with van der Waals surface area (Å²) in [5.41, 5.74) is 1.20. The zero-order valence-electron chi connectivity index (χ0n) is 21.3. The molecule has 0 aliphatic heterocycles. The second-order valence-electron chi connectivity index (χ2n) is 11.5. The first-order chi connectivity index (χ1) is 15.4. The molecule has 0 amide bonds. The number of alkyl halides is 1. The van der Waals surface area contributed by atoms with Gasteiger partial charge in [-0.3, -0.25) is 4.79 Å². The summed E-state index contributed by atoms with van der Waals surface area (Å²) in [6.07, 6.45) is 4.61. The van der Waals surface area contributed by atoms with E-state index in [0.29, 0.717) is 24.9 Å². The molecular formula is C28H43ClO4. The van der Waals surface area contributed by atoms with Crippen LogP contribution in [0.5, 0.6) is 0 Å². The Balaban J connectivity index is 1.95. The average molecular weight is 479 g/mol. The van der Waals surface area contributed by atoms with Gasteiger partial charge in [0.1, 0.15) is 0 Å². The van der Waals surface area contributed by atoms with E-state index in [0.717, 1.165) is 25.7 Å². The fourth-order valence-electron chi connectivity index (χ4n) is 7.18. The highest BCUT2D eigenvalue weighted by Crippen LogP contribution is 2.66. The lowest BCUT2D eigenvalue weighted by atomic mass is 9.43. The lowest BCUT2D eigenvalue weighted by Crippen LogP contribution is -2.59. The van der Waals surface area contributed by atoms with Crippen LogP contribution in [0.4, 0.5) is 0 Å². The minimum Gasteiger partial charge on any atom is -0.465 e. The summed E-state index contributed by atoms with van der Waals surface area (Å²) in [6.45, 7) is 13.3. The van der Waals surface area contributed by atoms with Gasteiger partial charge in [0.05, 0.1) is 18.8 Å². The molecular weight excluding hydrogens is 436 g/mol. The second-order valence-corrected chi connectivity index (χ2v) is 12.4. The van der Waals surface area contributed by atoms with Crippen LogP contribution < -0.4 is 0 Å². The molecule has 4 nitrogen and oxygen atoms in total. The second kappa shape index (κ2) is 10.3. The molecule has 0 heterocycles. The summed E-state index contributed by atoms with van der Waals surface area (Å²) in [4.78, 5) is 11.3. The number of carbonyl (C=O) groups is 1. The van der Waals surface area contributed by atoms with Crippen LogP contribution in [0.2, 0.25) is 0 Å². The van der Waals surface area contributed by atoms with Crippen molar-refractivity contribution in [3.05, 3.63) is 35.9 Å². The van der Waals surface area contributed by atoms with Gasteiger partial charge in [-0.1, -0.05) is 51.1 Å². The van der Waals surface area contributed by atoms with E-state index < -0.39 is 0 Å². The molecule has 6 unspecified atom stereocenters. The van der Waals surface area contributed by atoms with Crippen molar-refractivity contribution in [2.75, 3.05) is 13.2 Å². The van der Waals surface area contributed by atoms with Gasteiger partial charge < -0.3 is 14.6 Å². The number of ether oxygens (including phenoxy) is 2. The summed E-state index contributed by atoms with van der Waals surface area (Å²) in [7, 11) is 0. The third-order valence-electron chi connectivity index (χ3n) is 8.95. The molecule has 186 valence electrons. The third-order valence-corrected chi connectivity index (χ3v) is 9.40. The van der Waals surface area contributed by atoms with Gasteiger partial charge in [0, 0.05) is 24.3 Å². The van der Waals surface area contributed by atoms with Crippen LogP contribution in [-0.4, -0.2) is 35.3 Å². The van der Waals surface area contributed by atoms with Gasteiger partial charge in [0.2, 0.25) is 0 Å². The maximum Gasteiger partial charge on any atom is 0.302 e. The molecule has 0 radical (unpaired) electrons. The number of hydrogen-bond acceptors (Lipinski definition) is 4. The van der Waals surface area contributed by atoms with E-state index in [9.17, 15) is 9.90 Å². The van der Waals surface area contributed by atoms with Crippen molar-refractivity contribution in [3.8, 4) is 0 Å². The number of aliphatic hydroxyl groups is 1. The van der Waals surface area contributed by atoms with Crippen LogP contribution in [0.3, 0.4) is 0 Å². The van der Waals surface area contributed by atoms with Gasteiger partial charge in [-0.2, -0.15) is 0 Å². The summed E-state index contributed by atoms with van der Waals surface area (Å²) >= 11 is 7.08. The monoisotopic (exact) mass is 478 g/mol. The average Bonchev–Trinajstić information content (AvgIpc) is 2.72. The van der Waals surface area contributed by atoms with Crippen LogP contribution in [0, 0.1) is 28.6 Å². The Kier molecular flexibility index (Phi) is 8.24. The Bertz CT molecular complexity index is 792. The number of rotatable bonds is 8. The van der Waals surface area contributed by atoms with Crippen molar-refractivity contribution in [1.29, 1.82) is 0 Å². The standard InChI is InChI=1S/C28H43ClO4/c1-19(14-17-30)33-25(21-10-8-7-9-11-21)22-12-15-27(5)23(26(22,3)4)13-16-28(6,29)24(27)18-32-20(2)31/h7-11,19,22-25,30H,12-18H2,1-6H3/t19-,22?,23?,24?,25?,27?,28?/m0/s1. The van der Waals surface area contributed by atoms with Crippen LogP contribution in [0.15, 0.2) is 30.3 Å². The zero-order valence-corrected chi connectivity index (χ0v) is 22.0. The first-order valence-electron chi connectivity index (χ1n) is 12.6. The molecule has 33 heavy (non-hydrogen) atoms. The quantitative estimate of drug-likeness (QED) is 0.340. The van der Waals surface area contributed by atoms with Crippen LogP contribution in [-0.2, 0) is 14.3 Å². The van der Waals surface area contributed by atoms with Crippen LogP contribution in [0.25, 0.3) is 0 Å². The van der Waals surface area contributed by atoms with Gasteiger partial charge in [0.25, 0.3) is 0 Å². The van der Waals surface area contributed by atoms with Gasteiger partial charge >= 0.3 is 5.97 Å². The van der Waals surface area contributed by atoms with Gasteiger partial charge in [-0.05, 0) is 74.2 Å². The molecule has 2 saturated carbocycles. The van der Waals surface area contributed by atoms with Crippen LogP contribution in [0.1, 0.15) is 85.3 Å². The van der Waals surface area contributed by atoms with E-state index >= 15 is 0 Å². The van der Waals surface area contributed by atoms with Crippen molar-refractivity contribution in [1.82, 2.24) is 0 Å². The minimum atomic E-state index is -0.380. The molecule has 0 saturated heterocycles. The van der Waals surface area contributed by atoms with Crippen molar-refractivity contribution in [2.45, 2.75) is 90.7 Å². The van der Waals surface area contributed by atoms with E-state index in [2.05, 4.69) is 58.9 Å². The highest BCUT2D eigenvalue weighted by Gasteiger charge is 2.61. The molecule has 3 rings (SSSR count). The van der Waals surface area contributed by atoms with E-state index in [1.165, 1.54) is 12.5 Å². The minimum absolute atomic E-state index is 0.00824. The molecule has 0 aromatic heterocycles. The molecule has 2 aliphatic rings. The fourth-order valence-corrected chi connectivity index (χ4v) is 7.60. The van der Waals surface area contributed by atoms with Crippen molar-refractivity contribution < 1.29 is 19.4 Å². The topological polar surface area (TPSA) is 55.8 Å². The first kappa shape index (κ1) is 26.5. The zero-order chi connectivity index (χ0) is 24.4. The van der Waals surface area contributed by atoms with E-state index in [-0.39, 0.29) is 46.4 Å². The van der Waals surface area contributed by atoms with E-state index in [1.807, 2.05) is 6.07 Å². The number of aliphatic hydroxyl groups excluding tert-OH is 1.